The Bertz CT molecular complexity index is 1150. The Morgan fingerprint density at radius 2 is 1.86 bits per heavy atom. The summed E-state index contributed by atoms with van der Waals surface area (Å²) in [5.74, 6) is 1.90. The maximum absolute atomic E-state index is 7.20. The van der Waals surface area contributed by atoms with Gasteiger partial charge in [0.05, 0.1) is 24.9 Å². The number of anilines is 1. The second-order valence-electron chi connectivity index (χ2n) is 13.6. The molecule has 5 fully saturated rings. The molecule has 2 saturated carbocycles. The zero-order chi connectivity index (χ0) is 24.8. The van der Waals surface area contributed by atoms with Crippen LogP contribution in [0, 0.1) is 5.92 Å². The zero-order valence-corrected chi connectivity index (χ0v) is 22.5. The van der Waals surface area contributed by atoms with Crippen molar-refractivity contribution in [2.75, 3.05) is 32.1 Å². The van der Waals surface area contributed by atoms with Crippen molar-refractivity contribution in [1.29, 1.82) is 0 Å². The first-order valence-corrected chi connectivity index (χ1v) is 14.2. The highest BCUT2D eigenvalue weighted by molar-refractivity contribution is 5.54. The van der Waals surface area contributed by atoms with E-state index in [1.165, 1.54) is 61.2 Å². The van der Waals surface area contributed by atoms with E-state index < -0.39 is 0 Å². The Kier molecular flexibility index (Phi) is 4.97. The van der Waals surface area contributed by atoms with Crippen LogP contribution in [-0.4, -0.2) is 48.9 Å². The molecule has 4 heteroatoms. The first-order chi connectivity index (χ1) is 17.3. The number of ether oxygens (including phenoxy) is 2. The average Bonchev–Trinajstić information content (AvgIpc) is 3.69. The van der Waals surface area contributed by atoms with Gasteiger partial charge in [0.2, 0.25) is 0 Å². The molecule has 0 unspecified atom stereocenters. The van der Waals surface area contributed by atoms with E-state index in [1.807, 2.05) is 0 Å². The molecule has 0 amide bonds. The van der Waals surface area contributed by atoms with Gasteiger partial charge in [-0.05, 0) is 104 Å². The minimum Gasteiger partial charge on any atom is -0.497 e. The topological polar surface area (TPSA) is 33.7 Å². The van der Waals surface area contributed by atoms with Gasteiger partial charge in [0.25, 0.3) is 0 Å². The van der Waals surface area contributed by atoms with E-state index in [1.54, 1.807) is 7.11 Å². The lowest BCUT2D eigenvalue weighted by Gasteiger charge is -2.72. The van der Waals surface area contributed by atoms with E-state index in [9.17, 15) is 0 Å². The number of benzene rings is 2. The van der Waals surface area contributed by atoms with E-state index in [4.69, 9.17) is 9.47 Å². The molecule has 3 aliphatic carbocycles. The van der Waals surface area contributed by atoms with Gasteiger partial charge in [0, 0.05) is 23.7 Å². The lowest BCUT2D eigenvalue weighted by atomic mass is 9.45. The van der Waals surface area contributed by atoms with Crippen molar-refractivity contribution in [3.8, 4) is 5.75 Å². The third kappa shape index (κ3) is 3.33. The summed E-state index contributed by atoms with van der Waals surface area (Å²) >= 11 is 0. The third-order valence-electron chi connectivity index (χ3n) is 10.4. The summed E-state index contributed by atoms with van der Waals surface area (Å²) in [6.07, 6.45) is 8.60. The van der Waals surface area contributed by atoms with Gasteiger partial charge >= 0.3 is 0 Å². The molecular formula is C32H42N2O2. The maximum Gasteiger partial charge on any atom is 0.119 e. The molecule has 2 aromatic rings. The highest BCUT2D eigenvalue weighted by atomic mass is 16.5. The predicted octanol–water partition coefficient (Wildman–Crippen LogP) is 6.07. The second-order valence-corrected chi connectivity index (χ2v) is 13.6. The van der Waals surface area contributed by atoms with E-state index in [0.717, 1.165) is 37.5 Å². The largest absolute Gasteiger partial charge is 0.497 e. The van der Waals surface area contributed by atoms with E-state index in [0.29, 0.717) is 6.04 Å². The molecule has 0 aromatic heterocycles. The fourth-order valence-electron chi connectivity index (χ4n) is 8.37. The lowest BCUT2D eigenvalue weighted by molar-refractivity contribution is -0.254. The number of piperidine rings is 1. The molecule has 2 aromatic carbocycles. The first kappa shape index (κ1) is 23.1. The summed E-state index contributed by atoms with van der Waals surface area (Å²) in [4.78, 5) is 2.83. The van der Waals surface area contributed by atoms with Crippen molar-refractivity contribution in [3.05, 3.63) is 59.2 Å². The minimum absolute atomic E-state index is 0.0219. The number of nitrogens with one attached hydrogen (secondary N) is 1. The Labute approximate surface area is 216 Å². The second kappa shape index (κ2) is 7.74. The van der Waals surface area contributed by atoms with Crippen molar-refractivity contribution in [2.24, 2.45) is 5.92 Å². The molecule has 4 atom stereocenters. The van der Waals surface area contributed by atoms with E-state index in [-0.39, 0.29) is 22.0 Å². The maximum atomic E-state index is 7.20. The van der Waals surface area contributed by atoms with Gasteiger partial charge in [0.15, 0.2) is 0 Å². The fourth-order valence-corrected chi connectivity index (χ4v) is 8.37. The summed E-state index contributed by atoms with van der Waals surface area (Å²) in [6, 6.07) is 16.5. The molecule has 3 aliphatic heterocycles. The Balaban J connectivity index is 1.27. The first-order valence-electron chi connectivity index (χ1n) is 14.2. The Morgan fingerprint density at radius 3 is 2.53 bits per heavy atom. The molecule has 4 nitrogen and oxygen atoms in total. The highest BCUT2D eigenvalue weighted by Gasteiger charge is 2.71. The predicted molar refractivity (Wildman–Crippen MR) is 145 cm³/mol. The molecule has 3 heterocycles. The number of methoxy groups -OCH3 is 1. The molecule has 192 valence electrons. The van der Waals surface area contributed by atoms with Crippen LogP contribution in [0.15, 0.2) is 42.5 Å². The van der Waals surface area contributed by atoms with Crippen molar-refractivity contribution in [1.82, 2.24) is 4.90 Å². The quantitative estimate of drug-likeness (QED) is 0.556. The van der Waals surface area contributed by atoms with Gasteiger partial charge in [-0.25, -0.2) is 0 Å². The highest BCUT2D eigenvalue weighted by Crippen LogP contribution is 2.65. The zero-order valence-electron chi connectivity index (χ0n) is 22.5. The summed E-state index contributed by atoms with van der Waals surface area (Å²) in [5.41, 5.74) is 5.76. The SMILES string of the molecule is COc1ccc2c(c1)[C@]13CCN(CC4CC4)[C@H](C2)[C@]12CC[C@@](Nc1ccc(C(C)(C)C)cc1)(CO2)C3. The van der Waals surface area contributed by atoms with Crippen LogP contribution in [0.2, 0.25) is 0 Å². The number of hydrogen-bond donors (Lipinski definition) is 1. The minimum atomic E-state index is -0.0704. The Morgan fingerprint density at radius 1 is 1.06 bits per heavy atom. The Hall–Kier alpha value is -2.04. The van der Waals surface area contributed by atoms with Gasteiger partial charge in [-0.1, -0.05) is 39.0 Å². The number of likely N-dealkylation sites (tertiary alicyclic amines) is 1. The van der Waals surface area contributed by atoms with Crippen LogP contribution in [0.1, 0.15) is 76.0 Å². The van der Waals surface area contributed by atoms with E-state index >= 15 is 0 Å². The van der Waals surface area contributed by atoms with Gasteiger partial charge in [0.1, 0.15) is 5.75 Å². The van der Waals surface area contributed by atoms with Crippen LogP contribution in [0.4, 0.5) is 5.69 Å². The van der Waals surface area contributed by atoms with Crippen LogP contribution < -0.4 is 10.1 Å². The third-order valence-corrected chi connectivity index (χ3v) is 10.4. The normalized spacial score (nSPS) is 35.2. The van der Waals surface area contributed by atoms with Gasteiger partial charge in [-0.3, -0.25) is 4.90 Å². The molecule has 1 spiro atoms. The van der Waals surface area contributed by atoms with Crippen LogP contribution >= 0.6 is 0 Å². The van der Waals surface area contributed by atoms with Crippen LogP contribution in [-0.2, 0) is 22.0 Å². The smallest absolute Gasteiger partial charge is 0.119 e. The number of hydrogen-bond acceptors (Lipinski definition) is 4. The average molecular weight is 487 g/mol. The fraction of sp³-hybridized carbons (Fsp3) is 0.625. The van der Waals surface area contributed by atoms with Gasteiger partial charge in [-0.2, -0.15) is 0 Å². The molecule has 4 bridgehead atoms. The van der Waals surface area contributed by atoms with Crippen molar-refractivity contribution in [3.63, 3.8) is 0 Å². The molecule has 6 aliphatic rings. The summed E-state index contributed by atoms with van der Waals surface area (Å²) in [6.45, 7) is 10.1. The van der Waals surface area contributed by atoms with Gasteiger partial charge < -0.3 is 14.8 Å². The monoisotopic (exact) mass is 486 g/mol. The molecule has 3 saturated heterocycles. The summed E-state index contributed by atoms with van der Waals surface area (Å²) in [7, 11) is 1.80. The standard InChI is InChI=1S/C32H42N2O2/c1-29(2,3)24-8-10-25(11-9-24)33-30-13-14-32(36-21-30)28-17-23-7-12-26(35-4)18-27(23)31(32,20-30)15-16-34(28)19-22-5-6-22/h7-12,18,22,28,33H,5-6,13-17,19-21H2,1-4H3/t28-,30+,31-,32-/m1/s1. The van der Waals surface area contributed by atoms with Crippen LogP contribution in [0.25, 0.3) is 0 Å². The van der Waals surface area contributed by atoms with Crippen LogP contribution in [0.3, 0.4) is 0 Å². The summed E-state index contributed by atoms with van der Waals surface area (Å²) in [5, 5.41) is 4.03. The molecule has 8 rings (SSSR count). The van der Waals surface area contributed by atoms with Crippen LogP contribution in [0.5, 0.6) is 5.75 Å². The molecule has 0 radical (unpaired) electrons. The lowest BCUT2D eigenvalue weighted by Crippen LogP contribution is -2.80. The number of nitrogens with zero attached hydrogens (tertiary/aromatic N) is 1. The van der Waals surface area contributed by atoms with Crippen molar-refractivity contribution < 1.29 is 9.47 Å². The van der Waals surface area contributed by atoms with E-state index in [2.05, 4.69) is 73.5 Å². The van der Waals surface area contributed by atoms with Crippen molar-refractivity contribution >= 4 is 5.69 Å². The van der Waals surface area contributed by atoms with Gasteiger partial charge in [-0.15, -0.1) is 0 Å². The molecular weight excluding hydrogens is 444 g/mol. The molecule has 36 heavy (non-hydrogen) atoms. The number of fused-ring (bicyclic) bond motifs is 3. The van der Waals surface area contributed by atoms with Crippen molar-refractivity contribution in [2.45, 2.75) is 93.7 Å². The number of rotatable bonds is 5. The molecule has 1 N–H and O–H groups in total. The summed E-state index contributed by atoms with van der Waals surface area (Å²) < 4.78 is 12.9.